The Labute approximate surface area is 200 Å². The van der Waals surface area contributed by atoms with Crippen molar-refractivity contribution in [3.63, 3.8) is 0 Å². The van der Waals surface area contributed by atoms with Gasteiger partial charge in [0.15, 0.2) is 0 Å². The Kier molecular flexibility index (Phi) is 6.65. The van der Waals surface area contributed by atoms with Gasteiger partial charge >= 0.3 is 0 Å². The summed E-state index contributed by atoms with van der Waals surface area (Å²) < 4.78 is 7.76. The number of nitrogens with zero attached hydrogens (tertiary/aromatic N) is 3. The molecule has 0 atom stereocenters. The second-order valence-corrected chi connectivity index (χ2v) is 9.23. The van der Waals surface area contributed by atoms with E-state index in [2.05, 4.69) is 38.8 Å². The van der Waals surface area contributed by atoms with Crippen LogP contribution in [0.15, 0.2) is 67.1 Å². The molecule has 3 heterocycles. The van der Waals surface area contributed by atoms with Crippen molar-refractivity contribution in [3.05, 3.63) is 72.1 Å². The zero-order valence-electron chi connectivity index (χ0n) is 19.1. The van der Waals surface area contributed by atoms with Crippen LogP contribution in [0.3, 0.4) is 0 Å². The standard InChI is InChI=1S/C28H30ClN3O/c1-33-24-9-5-8-21(17-24)22-16-23(19-30-18-22)25-20-32(27-11-6-10-26(29)28(25)27)15-7-14-31-12-3-2-4-13-31/h5-6,8-11,16-20H,2-4,7,12-15H2,1H3. The summed E-state index contributed by atoms with van der Waals surface area (Å²) >= 11 is 6.72. The van der Waals surface area contributed by atoms with E-state index in [1.54, 1.807) is 7.11 Å². The van der Waals surface area contributed by atoms with E-state index < -0.39 is 0 Å². The second-order valence-electron chi connectivity index (χ2n) is 8.82. The zero-order chi connectivity index (χ0) is 22.6. The Bertz CT molecular complexity index is 1240. The van der Waals surface area contributed by atoms with Gasteiger partial charge in [0.25, 0.3) is 0 Å². The van der Waals surface area contributed by atoms with Crippen molar-refractivity contribution in [1.82, 2.24) is 14.5 Å². The monoisotopic (exact) mass is 459 g/mol. The number of aryl methyl sites for hydroxylation is 1. The van der Waals surface area contributed by atoms with Gasteiger partial charge in [-0.2, -0.15) is 0 Å². The number of hydrogen-bond donors (Lipinski definition) is 0. The van der Waals surface area contributed by atoms with Crippen LogP contribution < -0.4 is 4.74 Å². The van der Waals surface area contributed by atoms with E-state index in [1.165, 1.54) is 37.9 Å². The summed E-state index contributed by atoms with van der Waals surface area (Å²) in [5, 5.41) is 1.88. The Hall–Kier alpha value is -2.82. The molecular weight excluding hydrogens is 430 g/mol. The topological polar surface area (TPSA) is 30.3 Å². The third-order valence-corrected chi connectivity index (χ3v) is 6.94. The van der Waals surface area contributed by atoms with E-state index in [0.717, 1.165) is 57.9 Å². The highest BCUT2D eigenvalue weighted by Gasteiger charge is 2.15. The fourth-order valence-corrected chi connectivity index (χ4v) is 5.18. The van der Waals surface area contributed by atoms with Crippen LogP contribution >= 0.6 is 11.6 Å². The van der Waals surface area contributed by atoms with Crippen LogP contribution in [0.2, 0.25) is 5.02 Å². The molecule has 0 unspecified atom stereocenters. The number of fused-ring (bicyclic) bond motifs is 1. The van der Waals surface area contributed by atoms with Gasteiger partial charge in [-0.25, -0.2) is 0 Å². The van der Waals surface area contributed by atoms with E-state index in [9.17, 15) is 0 Å². The summed E-state index contributed by atoms with van der Waals surface area (Å²) in [5.41, 5.74) is 5.53. The van der Waals surface area contributed by atoms with Crippen LogP contribution in [0.5, 0.6) is 5.75 Å². The van der Waals surface area contributed by atoms with Crippen molar-refractivity contribution < 1.29 is 4.74 Å². The predicted molar refractivity (Wildman–Crippen MR) is 137 cm³/mol. The molecule has 33 heavy (non-hydrogen) atoms. The van der Waals surface area contributed by atoms with Crippen LogP contribution in [0.4, 0.5) is 0 Å². The lowest BCUT2D eigenvalue weighted by atomic mass is 10.0. The van der Waals surface area contributed by atoms with Gasteiger partial charge in [-0.3, -0.25) is 4.98 Å². The molecule has 4 aromatic rings. The van der Waals surface area contributed by atoms with Gasteiger partial charge in [-0.05, 0) is 74.8 Å². The fraction of sp³-hybridized carbons (Fsp3) is 0.321. The number of rotatable bonds is 7. The van der Waals surface area contributed by atoms with Crippen LogP contribution in [0, 0.1) is 0 Å². The van der Waals surface area contributed by atoms with Gasteiger partial charge < -0.3 is 14.2 Å². The summed E-state index contributed by atoms with van der Waals surface area (Å²) in [6.45, 7) is 4.62. The minimum absolute atomic E-state index is 0.782. The molecule has 0 N–H and O–H groups in total. The number of methoxy groups -OCH3 is 1. The average molecular weight is 460 g/mol. The van der Waals surface area contributed by atoms with Crippen molar-refractivity contribution in [2.24, 2.45) is 0 Å². The second kappa shape index (κ2) is 9.98. The van der Waals surface area contributed by atoms with E-state index in [-0.39, 0.29) is 0 Å². The largest absolute Gasteiger partial charge is 0.497 e. The van der Waals surface area contributed by atoms with E-state index in [0.29, 0.717) is 0 Å². The maximum atomic E-state index is 6.72. The van der Waals surface area contributed by atoms with Gasteiger partial charge in [0.2, 0.25) is 0 Å². The van der Waals surface area contributed by atoms with Gasteiger partial charge in [0.05, 0.1) is 17.6 Å². The molecule has 0 saturated carbocycles. The maximum absolute atomic E-state index is 6.72. The fourth-order valence-electron chi connectivity index (χ4n) is 4.91. The first-order valence-corrected chi connectivity index (χ1v) is 12.2. The molecule has 1 fully saturated rings. The molecule has 4 nitrogen and oxygen atoms in total. The van der Waals surface area contributed by atoms with E-state index >= 15 is 0 Å². The molecule has 1 aliphatic rings. The van der Waals surface area contributed by atoms with Gasteiger partial charge in [-0.1, -0.05) is 36.2 Å². The lowest BCUT2D eigenvalue weighted by Crippen LogP contribution is -2.31. The number of piperidine rings is 1. The minimum Gasteiger partial charge on any atom is -0.497 e. The molecule has 2 aromatic heterocycles. The van der Waals surface area contributed by atoms with Crippen molar-refractivity contribution in [2.45, 2.75) is 32.2 Å². The molecule has 0 amide bonds. The number of ether oxygens (including phenoxy) is 1. The SMILES string of the molecule is COc1cccc(-c2cncc(-c3cn(CCCN4CCCCC4)c4cccc(Cl)c34)c2)c1. The Morgan fingerprint density at radius 2 is 1.73 bits per heavy atom. The molecule has 170 valence electrons. The highest BCUT2D eigenvalue weighted by Crippen LogP contribution is 2.37. The maximum Gasteiger partial charge on any atom is 0.119 e. The predicted octanol–water partition coefficient (Wildman–Crippen LogP) is 6.91. The van der Waals surface area contributed by atoms with E-state index in [1.807, 2.05) is 42.7 Å². The molecule has 5 rings (SSSR count). The molecule has 1 aliphatic heterocycles. The van der Waals surface area contributed by atoms with E-state index in [4.69, 9.17) is 16.3 Å². The Morgan fingerprint density at radius 3 is 2.58 bits per heavy atom. The third kappa shape index (κ3) is 4.78. The van der Waals surface area contributed by atoms with Gasteiger partial charge in [0.1, 0.15) is 5.75 Å². The van der Waals surface area contributed by atoms with Gasteiger partial charge in [0, 0.05) is 47.2 Å². The molecule has 2 aromatic carbocycles. The lowest BCUT2D eigenvalue weighted by Gasteiger charge is -2.26. The van der Waals surface area contributed by atoms with Crippen molar-refractivity contribution in [2.75, 3.05) is 26.7 Å². The third-order valence-electron chi connectivity index (χ3n) is 6.63. The molecule has 1 saturated heterocycles. The summed E-state index contributed by atoms with van der Waals surface area (Å²) in [5.74, 6) is 0.839. The molecular formula is C28H30ClN3O. The number of likely N-dealkylation sites (tertiary alicyclic amines) is 1. The summed E-state index contributed by atoms with van der Waals surface area (Å²) in [4.78, 5) is 7.16. The highest BCUT2D eigenvalue weighted by atomic mass is 35.5. The Morgan fingerprint density at radius 1 is 0.909 bits per heavy atom. The van der Waals surface area contributed by atoms with Crippen LogP contribution in [0.25, 0.3) is 33.2 Å². The lowest BCUT2D eigenvalue weighted by molar-refractivity contribution is 0.223. The first-order chi connectivity index (χ1) is 16.2. The zero-order valence-corrected chi connectivity index (χ0v) is 19.9. The van der Waals surface area contributed by atoms with Gasteiger partial charge in [-0.15, -0.1) is 0 Å². The number of pyridine rings is 1. The smallest absolute Gasteiger partial charge is 0.119 e. The van der Waals surface area contributed by atoms with Crippen molar-refractivity contribution in [3.8, 4) is 28.0 Å². The first-order valence-electron chi connectivity index (χ1n) is 11.8. The van der Waals surface area contributed by atoms with Crippen LogP contribution in [-0.2, 0) is 6.54 Å². The quantitative estimate of drug-likeness (QED) is 0.301. The summed E-state index contributed by atoms with van der Waals surface area (Å²) in [7, 11) is 1.69. The number of benzene rings is 2. The van der Waals surface area contributed by atoms with Crippen molar-refractivity contribution in [1.29, 1.82) is 0 Å². The molecule has 5 heteroatoms. The number of hydrogen-bond acceptors (Lipinski definition) is 3. The Balaban J connectivity index is 1.46. The average Bonchev–Trinajstić information content (AvgIpc) is 3.25. The molecule has 0 radical (unpaired) electrons. The normalized spacial score (nSPS) is 14.6. The molecule has 0 bridgehead atoms. The van der Waals surface area contributed by atoms with Crippen LogP contribution in [0.1, 0.15) is 25.7 Å². The van der Waals surface area contributed by atoms with Crippen molar-refractivity contribution >= 4 is 22.5 Å². The summed E-state index contributed by atoms with van der Waals surface area (Å²) in [6.07, 6.45) is 11.3. The number of halogens is 1. The first kappa shape index (κ1) is 22.0. The summed E-state index contributed by atoms with van der Waals surface area (Å²) in [6, 6.07) is 16.5. The van der Waals surface area contributed by atoms with Crippen LogP contribution in [-0.4, -0.2) is 41.2 Å². The molecule has 0 spiro atoms. The molecule has 0 aliphatic carbocycles. The number of aromatic nitrogens is 2. The highest BCUT2D eigenvalue weighted by molar-refractivity contribution is 6.36. The minimum atomic E-state index is 0.782.